The molecule has 0 aliphatic heterocycles. The van der Waals surface area contributed by atoms with E-state index in [9.17, 15) is 9.90 Å². The molecule has 0 aromatic heterocycles. The Morgan fingerprint density at radius 3 is 2.80 bits per heavy atom. The molecule has 0 spiro atoms. The van der Waals surface area contributed by atoms with Crippen LogP contribution in [0.3, 0.4) is 0 Å². The molecule has 0 bridgehead atoms. The molecule has 2 aromatic carbocycles. The van der Waals surface area contributed by atoms with E-state index in [0.29, 0.717) is 0 Å². The fourth-order valence-corrected chi connectivity index (χ4v) is 2.01. The van der Waals surface area contributed by atoms with Crippen LogP contribution >= 0.6 is 15.9 Å². The van der Waals surface area contributed by atoms with Crippen molar-refractivity contribution in [1.82, 2.24) is 0 Å². The number of benzene rings is 2. The number of rotatable bonds is 2. The first kappa shape index (κ1) is 10.2. The van der Waals surface area contributed by atoms with Gasteiger partial charge < -0.3 is 9.90 Å². The average molecular weight is 264 g/mol. The molecule has 0 aliphatic rings. The summed E-state index contributed by atoms with van der Waals surface area (Å²) < 4.78 is 0.987. The summed E-state index contributed by atoms with van der Waals surface area (Å²) in [6, 6.07) is 11.4. The zero-order valence-electron chi connectivity index (χ0n) is 7.87. The molecule has 0 heterocycles. The summed E-state index contributed by atoms with van der Waals surface area (Å²) >= 11 is 3.38. The summed E-state index contributed by atoms with van der Waals surface area (Å²) in [4.78, 5) is 10.6. The third-order valence-corrected chi connectivity index (χ3v) is 2.76. The first-order valence-corrected chi connectivity index (χ1v) is 5.33. The van der Waals surface area contributed by atoms with Gasteiger partial charge in [-0.1, -0.05) is 40.2 Å². The van der Waals surface area contributed by atoms with E-state index < -0.39 is 5.97 Å². The molecule has 0 aliphatic carbocycles. The Labute approximate surface area is 95.7 Å². The van der Waals surface area contributed by atoms with Gasteiger partial charge in [-0.25, -0.2) is 0 Å². The largest absolute Gasteiger partial charge is 0.550 e. The predicted molar refractivity (Wildman–Crippen MR) is 60.4 cm³/mol. The van der Waals surface area contributed by atoms with Crippen LogP contribution in [-0.4, -0.2) is 5.97 Å². The summed E-state index contributed by atoms with van der Waals surface area (Å²) in [6.45, 7) is 0. The minimum atomic E-state index is -1.05. The molecule has 2 aromatic rings. The SMILES string of the molecule is O=C([O-])Cc1cccc2cc(Br)ccc12. The first-order chi connectivity index (χ1) is 7.16. The normalized spacial score (nSPS) is 10.5. The molecule has 15 heavy (non-hydrogen) atoms. The number of carboxylic acids is 1. The Balaban J connectivity index is 2.60. The third kappa shape index (κ3) is 2.18. The molecule has 2 nitrogen and oxygen atoms in total. The highest BCUT2D eigenvalue weighted by Gasteiger charge is 2.01. The van der Waals surface area contributed by atoms with Gasteiger partial charge >= 0.3 is 0 Å². The number of halogens is 1. The number of hydrogen-bond acceptors (Lipinski definition) is 2. The van der Waals surface area contributed by atoms with Gasteiger partial charge in [0, 0.05) is 16.9 Å². The molecule has 0 saturated heterocycles. The Morgan fingerprint density at radius 1 is 1.27 bits per heavy atom. The highest BCUT2D eigenvalue weighted by atomic mass is 79.9. The molecule has 76 valence electrons. The van der Waals surface area contributed by atoms with Gasteiger partial charge in [-0.2, -0.15) is 0 Å². The Bertz CT molecular complexity index is 520. The van der Waals surface area contributed by atoms with Crippen molar-refractivity contribution in [3.63, 3.8) is 0 Å². The van der Waals surface area contributed by atoms with Crippen molar-refractivity contribution < 1.29 is 9.90 Å². The summed E-state index contributed by atoms with van der Waals surface area (Å²) in [5.41, 5.74) is 0.792. The van der Waals surface area contributed by atoms with Crippen molar-refractivity contribution in [1.29, 1.82) is 0 Å². The Hall–Kier alpha value is -1.35. The molecule has 0 fully saturated rings. The fraction of sp³-hybridized carbons (Fsp3) is 0.0833. The average Bonchev–Trinajstić information content (AvgIpc) is 2.16. The van der Waals surface area contributed by atoms with Gasteiger partial charge in [0.25, 0.3) is 0 Å². The number of aliphatic carboxylic acids is 1. The van der Waals surface area contributed by atoms with Crippen LogP contribution in [0.1, 0.15) is 5.56 Å². The summed E-state index contributed by atoms with van der Waals surface area (Å²) in [5.74, 6) is -1.05. The maximum atomic E-state index is 10.6. The van der Waals surface area contributed by atoms with Gasteiger partial charge in [0.2, 0.25) is 0 Å². The van der Waals surface area contributed by atoms with Crippen molar-refractivity contribution in [2.24, 2.45) is 0 Å². The molecule has 2 rings (SSSR count). The standard InChI is InChI=1S/C12H9BrO2/c13-10-4-5-11-8(6-10)2-1-3-9(11)7-12(14)15/h1-6H,7H2,(H,14,15)/p-1. The van der Waals surface area contributed by atoms with Crippen LogP contribution in [0, 0.1) is 0 Å². The Kier molecular flexibility index (Phi) is 2.73. The van der Waals surface area contributed by atoms with Gasteiger partial charge in [-0.15, -0.1) is 0 Å². The molecule has 0 saturated carbocycles. The van der Waals surface area contributed by atoms with Gasteiger partial charge in [0.05, 0.1) is 0 Å². The van der Waals surface area contributed by atoms with Crippen LogP contribution in [-0.2, 0) is 11.2 Å². The molecular weight excluding hydrogens is 256 g/mol. The number of fused-ring (bicyclic) bond motifs is 1. The van der Waals surface area contributed by atoms with Crippen LogP contribution in [0.4, 0.5) is 0 Å². The lowest BCUT2D eigenvalue weighted by molar-refractivity contribution is -0.304. The second-order valence-corrected chi connectivity index (χ2v) is 4.25. The van der Waals surface area contributed by atoms with Crippen LogP contribution < -0.4 is 5.11 Å². The highest BCUT2D eigenvalue weighted by molar-refractivity contribution is 9.10. The molecule has 0 radical (unpaired) electrons. The lowest BCUT2D eigenvalue weighted by Gasteiger charge is -2.07. The van der Waals surface area contributed by atoms with Crippen molar-refractivity contribution in [2.75, 3.05) is 0 Å². The monoisotopic (exact) mass is 263 g/mol. The highest BCUT2D eigenvalue weighted by Crippen LogP contribution is 2.23. The van der Waals surface area contributed by atoms with Gasteiger partial charge in [0.15, 0.2) is 0 Å². The van der Waals surface area contributed by atoms with E-state index in [4.69, 9.17) is 0 Å². The first-order valence-electron chi connectivity index (χ1n) is 4.54. The fourth-order valence-electron chi connectivity index (χ4n) is 1.63. The van der Waals surface area contributed by atoms with Crippen LogP contribution in [0.15, 0.2) is 40.9 Å². The molecule has 0 amide bonds. The van der Waals surface area contributed by atoms with Crippen LogP contribution in [0.2, 0.25) is 0 Å². The number of carboxylic acid groups (broad SMARTS) is 1. The topological polar surface area (TPSA) is 40.1 Å². The zero-order chi connectivity index (χ0) is 10.8. The van der Waals surface area contributed by atoms with E-state index in [0.717, 1.165) is 20.8 Å². The van der Waals surface area contributed by atoms with Gasteiger partial charge in [-0.3, -0.25) is 0 Å². The van der Waals surface area contributed by atoms with Crippen molar-refractivity contribution in [3.05, 3.63) is 46.4 Å². The summed E-state index contributed by atoms with van der Waals surface area (Å²) in [5, 5.41) is 12.6. The van der Waals surface area contributed by atoms with Crippen molar-refractivity contribution in [2.45, 2.75) is 6.42 Å². The minimum Gasteiger partial charge on any atom is -0.550 e. The summed E-state index contributed by atoms with van der Waals surface area (Å²) in [7, 11) is 0. The third-order valence-electron chi connectivity index (χ3n) is 2.27. The molecule has 0 unspecified atom stereocenters. The molecular formula is C12H8BrO2-. The predicted octanol–water partition coefficient (Wildman–Crippen LogP) is 1.89. The number of carbonyl (C=O) groups excluding carboxylic acids is 1. The Morgan fingerprint density at radius 2 is 2.07 bits per heavy atom. The second-order valence-electron chi connectivity index (χ2n) is 3.33. The quantitative estimate of drug-likeness (QED) is 0.831. The van der Waals surface area contributed by atoms with E-state index in [-0.39, 0.29) is 6.42 Å². The maximum Gasteiger partial charge on any atom is 0.0458 e. The summed E-state index contributed by atoms with van der Waals surface area (Å²) in [6.07, 6.45) is -0.0427. The lowest BCUT2D eigenvalue weighted by Crippen LogP contribution is -2.24. The number of hydrogen-bond donors (Lipinski definition) is 0. The van der Waals surface area contributed by atoms with Crippen molar-refractivity contribution in [3.8, 4) is 0 Å². The minimum absolute atomic E-state index is 0.0427. The number of carbonyl (C=O) groups is 1. The maximum absolute atomic E-state index is 10.6. The van der Waals surface area contributed by atoms with Crippen LogP contribution in [0.25, 0.3) is 10.8 Å². The zero-order valence-corrected chi connectivity index (χ0v) is 9.45. The molecule has 0 N–H and O–H groups in total. The molecule has 3 heteroatoms. The lowest BCUT2D eigenvalue weighted by atomic mass is 10.0. The smallest absolute Gasteiger partial charge is 0.0458 e. The van der Waals surface area contributed by atoms with E-state index in [1.807, 2.05) is 36.4 Å². The second kappa shape index (κ2) is 4.03. The van der Waals surface area contributed by atoms with E-state index >= 15 is 0 Å². The van der Waals surface area contributed by atoms with Gasteiger partial charge in [0.1, 0.15) is 0 Å². The van der Waals surface area contributed by atoms with E-state index in [1.54, 1.807) is 0 Å². The molecule has 0 atom stereocenters. The van der Waals surface area contributed by atoms with E-state index in [2.05, 4.69) is 15.9 Å². The van der Waals surface area contributed by atoms with Crippen molar-refractivity contribution >= 4 is 32.7 Å². The van der Waals surface area contributed by atoms with E-state index in [1.165, 1.54) is 0 Å². The van der Waals surface area contributed by atoms with Gasteiger partial charge in [-0.05, 0) is 28.5 Å². The van der Waals surface area contributed by atoms with Crippen LogP contribution in [0.5, 0.6) is 0 Å².